The molecule has 3 aromatic carbocycles. The molecule has 0 bridgehead atoms. The number of halogens is 2. The topological polar surface area (TPSA) is 72.9 Å². The molecule has 0 N–H and O–H groups in total. The highest BCUT2D eigenvalue weighted by atomic mass is 32.2. The van der Waals surface area contributed by atoms with E-state index in [2.05, 4.69) is 0 Å². The monoisotopic (exact) mass is 489 g/mol. The summed E-state index contributed by atoms with van der Waals surface area (Å²) in [6.07, 6.45) is 0.548. The number of anilines is 1. The van der Waals surface area contributed by atoms with Crippen LogP contribution in [0.15, 0.2) is 65.6 Å². The van der Waals surface area contributed by atoms with E-state index in [1.807, 2.05) is 6.92 Å². The van der Waals surface area contributed by atoms with Crippen molar-refractivity contribution in [3.63, 3.8) is 0 Å². The molecule has 0 heterocycles. The lowest BCUT2D eigenvalue weighted by atomic mass is 10.1. The first-order valence-electron chi connectivity index (χ1n) is 10.6. The van der Waals surface area contributed by atoms with Gasteiger partial charge >= 0.3 is 5.97 Å². The fourth-order valence-corrected chi connectivity index (χ4v) is 5.01. The standard InChI is InChI=1S/C25H25F2NO5S/c1-4-18-6-11-23(15-24(18)25(29)32-3)34(30,31)28(5-2)21-7-9-22(10-8-21)33-16-17-12-19(26)14-20(27)13-17/h6-15H,4-5,16H2,1-3H3. The Balaban J connectivity index is 1.83. The summed E-state index contributed by atoms with van der Waals surface area (Å²) in [6.45, 7) is 3.66. The molecule has 0 spiro atoms. The number of esters is 1. The minimum absolute atomic E-state index is 0.0274. The van der Waals surface area contributed by atoms with Gasteiger partial charge in [0.2, 0.25) is 0 Å². The van der Waals surface area contributed by atoms with E-state index in [1.165, 1.54) is 35.7 Å². The predicted octanol–water partition coefficient (Wildman–Crippen LogP) is 5.11. The Hall–Kier alpha value is -3.46. The Bertz CT molecular complexity index is 1260. The Morgan fingerprint density at radius 1 is 0.941 bits per heavy atom. The number of methoxy groups -OCH3 is 1. The third-order valence-corrected chi connectivity index (χ3v) is 7.09. The van der Waals surface area contributed by atoms with Crippen molar-refractivity contribution in [1.29, 1.82) is 0 Å². The molecule has 0 unspecified atom stereocenters. The highest BCUT2D eigenvalue weighted by molar-refractivity contribution is 7.92. The predicted molar refractivity (Wildman–Crippen MR) is 124 cm³/mol. The molecule has 0 aliphatic heterocycles. The van der Waals surface area contributed by atoms with Crippen LogP contribution < -0.4 is 9.04 Å². The highest BCUT2D eigenvalue weighted by Gasteiger charge is 2.26. The first-order chi connectivity index (χ1) is 16.2. The maximum atomic E-state index is 13.4. The summed E-state index contributed by atoms with van der Waals surface area (Å²) in [5.74, 6) is -1.58. The molecule has 3 rings (SSSR count). The van der Waals surface area contributed by atoms with Crippen LogP contribution in [0.2, 0.25) is 0 Å². The number of benzene rings is 3. The summed E-state index contributed by atoms with van der Waals surface area (Å²) >= 11 is 0. The quantitative estimate of drug-likeness (QED) is 0.391. The van der Waals surface area contributed by atoms with Crippen molar-refractivity contribution in [2.75, 3.05) is 18.0 Å². The summed E-state index contributed by atoms with van der Waals surface area (Å²) < 4.78 is 65.0. The average molecular weight is 490 g/mol. The highest BCUT2D eigenvalue weighted by Crippen LogP contribution is 2.27. The number of sulfonamides is 1. The minimum Gasteiger partial charge on any atom is -0.489 e. The number of carbonyl (C=O) groups excluding carboxylic acids is 1. The van der Waals surface area contributed by atoms with Gasteiger partial charge in [-0.1, -0.05) is 13.0 Å². The Morgan fingerprint density at radius 2 is 1.59 bits per heavy atom. The second kappa shape index (κ2) is 10.6. The molecule has 6 nitrogen and oxygen atoms in total. The van der Waals surface area contributed by atoms with Crippen molar-refractivity contribution in [3.8, 4) is 5.75 Å². The number of rotatable bonds is 9. The van der Waals surface area contributed by atoms with Crippen molar-refractivity contribution in [3.05, 3.63) is 89.0 Å². The van der Waals surface area contributed by atoms with Crippen LogP contribution in [0.5, 0.6) is 5.75 Å². The van der Waals surface area contributed by atoms with E-state index in [9.17, 15) is 22.0 Å². The molecular formula is C25H25F2NO5S. The van der Waals surface area contributed by atoms with Gasteiger partial charge in [-0.05, 0) is 73.0 Å². The van der Waals surface area contributed by atoms with Crippen molar-refractivity contribution < 1.29 is 31.5 Å². The number of aryl methyl sites for hydroxylation is 1. The van der Waals surface area contributed by atoms with Crippen molar-refractivity contribution >= 4 is 21.7 Å². The van der Waals surface area contributed by atoms with Gasteiger partial charge in [-0.25, -0.2) is 22.0 Å². The normalized spacial score (nSPS) is 11.2. The number of ether oxygens (including phenoxy) is 2. The van der Waals surface area contributed by atoms with Gasteiger partial charge in [0, 0.05) is 12.6 Å². The van der Waals surface area contributed by atoms with Gasteiger partial charge in [0.05, 0.1) is 23.3 Å². The molecular weight excluding hydrogens is 464 g/mol. The maximum absolute atomic E-state index is 13.4. The van der Waals surface area contributed by atoms with E-state index in [1.54, 1.807) is 37.3 Å². The van der Waals surface area contributed by atoms with Crippen LogP contribution in [-0.2, 0) is 27.8 Å². The smallest absolute Gasteiger partial charge is 0.338 e. The lowest BCUT2D eigenvalue weighted by Gasteiger charge is -2.23. The molecule has 0 saturated carbocycles. The third-order valence-electron chi connectivity index (χ3n) is 5.20. The molecule has 0 saturated heterocycles. The average Bonchev–Trinajstić information content (AvgIpc) is 2.82. The van der Waals surface area contributed by atoms with Crippen LogP contribution in [0.3, 0.4) is 0 Å². The molecule has 0 aliphatic carbocycles. The van der Waals surface area contributed by atoms with Crippen LogP contribution in [0.1, 0.15) is 35.3 Å². The number of hydrogen-bond donors (Lipinski definition) is 0. The van der Waals surface area contributed by atoms with Crippen molar-refractivity contribution in [2.24, 2.45) is 0 Å². The van der Waals surface area contributed by atoms with Crippen molar-refractivity contribution in [2.45, 2.75) is 31.8 Å². The van der Waals surface area contributed by atoms with Gasteiger partial charge in [-0.3, -0.25) is 4.31 Å². The summed E-state index contributed by atoms with van der Waals surface area (Å²) in [4.78, 5) is 12.1. The molecule has 3 aromatic rings. The second-order valence-corrected chi connectivity index (χ2v) is 9.26. The second-order valence-electron chi connectivity index (χ2n) is 7.39. The minimum atomic E-state index is -3.97. The zero-order chi connectivity index (χ0) is 24.9. The molecule has 0 radical (unpaired) electrons. The van der Waals surface area contributed by atoms with E-state index >= 15 is 0 Å². The summed E-state index contributed by atoms with van der Waals surface area (Å²) in [5.41, 5.74) is 1.62. The molecule has 9 heteroatoms. The lowest BCUT2D eigenvalue weighted by molar-refractivity contribution is 0.0599. The van der Waals surface area contributed by atoms with Gasteiger partial charge in [0.25, 0.3) is 10.0 Å². The molecule has 34 heavy (non-hydrogen) atoms. The van der Waals surface area contributed by atoms with Crippen molar-refractivity contribution in [1.82, 2.24) is 0 Å². The zero-order valence-corrected chi connectivity index (χ0v) is 19.9. The van der Waals surface area contributed by atoms with E-state index < -0.39 is 27.6 Å². The van der Waals surface area contributed by atoms with Crippen LogP contribution in [0.25, 0.3) is 0 Å². The molecule has 0 fully saturated rings. The van der Waals surface area contributed by atoms with Gasteiger partial charge in [0.15, 0.2) is 0 Å². The van der Waals surface area contributed by atoms with E-state index in [4.69, 9.17) is 9.47 Å². The summed E-state index contributed by atoms with van der Waals surface area (Å²) in [5, 5.41) is 0. The number of hydrogen-bond acceptors (Lipinski definition) is 5. The third kappa shape index (κ3) is 5.53. The Morgan fingerprint density at radius 3 is 2.15 bits per heavy atom. The summed E-state index contributed by atoms with van der Waals surface area (Å²) in [6, 6.07) is 13.8. The van der Waals surface area contributed by atoms with Crippen LogP contribution in [-0.4, -0.2) is 28.0 Å². The fourth-order valence-electron chi connectivity index (χ4n) is 3.51. The zero-order valence-electron chi connectivity index (χ0n) is 19.0. The number of carbonyl (C=O) groups is 1. The maximum Gasteiger partial charge on any atom is 0.338 e. The molecule has 0 atom stereocenters. The summed E-state index contributed by atoms with van der Waals surface area (Å²) in [7, 11) is -2.72. The Kier molecular flexibility index (Phi) is 7.88. The van der Waals surface area contributed by atoms with E-state index in [0.717, 1.165) is 6.07 Å². The fraction of sp³-hybridized carbons (Fsp3) is 0.240. The lowest BCUT2D eigenvalue weighted by Crippen LogP contribution is -2.31. The first kappa shape index (κ1) is 25.2. The van der Waals surface area contributed by atoms with Crippen LogP contribution >= 0.6 is 0 Å². The molecule has 0 aliphatic rings. The Labute approximate surface area is 197 Å². The number of nitrogens with zero attached hydrogens (tertiary/aromatic N) is 1. The van der Waals surface area contributed by atoms with Gasteiger partial charge < -0.3 is 9.47 Å². The van der Waals surface area contributed by atoms with Gasteiger partial charge in [0.1, 0.15) is 24.0 Å². The SMILES string of the molecule is CCc1ccc(S(=O)(=O)N(CC)c2ccc(OCc3cc(F)cc(F)c3)cc2)cc1C(=O)OC. The first-order valence-corrected chi connectivity index (χ1v) is 12.0. The van der Waals surface area contributed by atoms with E-state index in [-0.39, 0.29) is 23.6 Å². The van der Waals surface area contributed by atoms with Gasteiger partial charge in [-0.15, -0.1) is 0 Å². The molecule has 180 valence electrons. The van der Waals surface area contributed by atoms with Gasteiger partial charge in [-0.2, -0.15) is 0 Å². The molecule has 0 aromatic heterocycles. The van der Waals surface area contributed by atoms with Crippen LogP contribution in [0, 0.1) is 11.6 Å². The largest absolute Gasteiger partial charge is 0.489 e. The molecule has 0 amide bonds. The van der Waals surface area contributed by atoms with Crippen LogP contribution in [0.4, 0.5) is 14.5 Å². The van der Waals surface area contributed by atoms with E-state index in [0.29, 0.717) is 29.0 Å².